The normalized spacial score (nSPS) is 15.2. The van der Waals surface area contributed by atoms with Crippen LogP contribution in [0.2, 0.25) is 0 Å². The van der Waals surface area contributed by atoms with Crippen LogP contribution in [0.25, 0.3) is 11.3 Å². The van der Waals surface area contributed by atoms with E-state index in [9.17, 15) is 13.2 Å². The van der Waals surface area contributed by atoms with Crippen LogP contribution in [-0.4, -0.2) is 19.3 Å². The second-order valence-electron chi connectivity index (χ2n) is 5.46. The molecule has 23 heavy (non-hydrogen) atoms. The Morgan fingerprint density at radius 3 is 2.57 bits per heavy atom. The van der Waals surface area contributed by atoms with E-state index in [4.69, 9.17) is 4.42 Å². The number of aryl methyl sites for hydroxylation is 1. The number of carbonyl (C=O) groups is 1. The van der Waals surface area contributed by atoms with Gasteiger partial charge in [0.2, 0.25) is 10.9 Å². The molecule has 1 aromatic carbocycles. The second-order valence-corrected chi connectivity index (χ2v) is 7.05. The molecule has 7 nitrogen and oxygen atoms in total. The Kier molecular flexibility index (Phi) is 4.18. The lowest BCUT2D eigenvalue weighted by molar-refractivity contribution is -0.127. The van der Waals surface area contributed by atoms with Crippen molar-refractivity contribution in [2.45, 2.75) is 31.2 Å². The SMILES string of the molecule is Cc1nc(S(=O)(=O)NNC(=O)C2CCC2)c(-c2ccccc2)o1. The minimum atomic E-state index is -4.02. The van der Waals surface area contributed by atoms with Crippen molar-refractivity contribution in [2.75, 3.05) is 0 Å². The largest absolute Gasteiger partial charge is 0.440 e. The molecule has 2 N–H and O–H groups in total. The minimum absolute atomic E-state index is 0.120. The first-order valence-electron chi connectivity index (χ1n) is 7.32. The zero-order valence-corrected chi connectivity index (χ0v) is 13.4. The summed E-state index contributed by atoms with van der Waals surface area (Å²) >= 11 is 0. The van der Waals surface area contributed by atoms with Crippen LogP contribution in [0, 0.1) is 12.8 Å². The number of sulfonamides is 1. The van der Waals surface area contributed by atoms with Crippen molar-refractivity contribution in [3.8, 4) is 11.3 Å². The molecule has 1 aromatic heterocycles. The van der Waals surface area contributed by atoms with Crippen molar-refractivity contribution >= 4 is 15.9 Å². The number of hydrogen-bond donors (Lipinski definition) is 2. The van der Waals surface area contributed by atoms with Gasteiger partial charge < -0.3 is 4.42 Å². The number of nitrogens with one attached hydrogen (secondary N) is 2. The van der Waals surface area contributed by atoms with Gasteiger partial charge in [-0.15, -0.1) is 4.83 Å². The smallest absolute Gasteiger partial charge is 0.278 e. The van der Waals surface area contributed by atoms with Crippen molar-refractivity contribution in [2.24, 2.45) is 5.92 Å². The molecule has 1 aliphatic rings. The van der Waals surface area contributed by atoms with Crippen LogP contribution in [0.3, 0.4) is 0 Å². The predicted octanol–water partition coefficient (Wildman–Crippen LogP) is 1.76. The Balaban J connectivity index is 1.84. The van der Waals surface area contributed by atoms with E-state index in [-0.39, 0.29) is 28.5 Å². The van der Waals surface area contributed by atoms with Crippen molar-refractivity contribution in [3.63, 3.8) is 0 Å². The third kappa shape index (κ3) is 3.27. The topological polar surface area (TPSA) is 101 Å². The van der Waals surface area contributed by atoms with E-state index >= 15 is 0 Å². The van der Waals surface area contributed by atoms with Crippen LogP contribution in [0.15, 0.2) is 39.8 Å². The zero-order chi connectivity index (χ0) is 16.4. The first kappa shape index (κ1) is 15.7. The number of oxazole rings is 1. The molecule has 1 saturated carbocycles. The van der Waals surface area contributed by atoms with E-state index in [0.717, 1.165) is 19.3 Å². The van der Waals surface area contributed by atoms with Crippen LogP contribution in [0.1, 0.15) is 25.2 Å². The van der Waals surface area contributed by atoms with Crippen molar-refractivity contribution in [1.82, 2.24) is 15.2 Å². The van der Waals surface area contributed by atoms with Gasteiger partial charge in [0.1, 0.15) is 0 Å². The van der Waals surface area contributed by atoms with Crippen LogP contribution >= 0.6 is 0 Å². The molecule has 1 aliphatic carbocycles. The van der Waals surface area contributed by atoms with Gasteiger partial charge in [-0.25, -0.2) is 13.4 Å². The van der Waals surface area contributed by atoms with E-state index in [2.05, 4.69) is 15.2 Å². The Bertz CT molecular complexity index is 811. The fraction of sp³-hybridized carbons (Fsp3) is 0.333. The van der Waals surface area contributed by atoms with Gasteiger partial charge in [0, 0.05) is 18.4 Å². The van der Waals surface area contributed by atoms with Crippen molar-refractivity contribution in [3.05, 3.63) is 36.2 Å². The molecule has 0 spiro atoms. The minimum Gasteiger partial charge on any atom is -0.440 e. The van der Waals surface area contributed by atoms with Gasteiger partial charge in [-0.3, -0.25) is 10.2 Å². The summed E-state index contributed by atoms with van der Waals surface area (Å²) < 4.78 is 30.3. The number of hydrogen-bond acceptors (Lipinski definition) is 5. The maximum atomic E-state index is 12.4. The van der Waals surface area contributed by atoms with Gasteiger partial charge in [-0.05, 0) is 12.8 Å². The third-order valence-corrected chi connectivity index (χ3v) is 4.93. The summed E-state index contributed by atoms with van der Waals surface area (Å²) in [4.78, 5) is 17.8. The number of amides is 1. The first-order chi connectivity index (χ1) is 11.0. The van der Waals surface area contributed by atoms with E-state index in [1.165, 1.54) is 0 Å². The summed E-state index contributed by atoms with van der Waals surface area (Å²) in [6.45, 7) is 1.57. The maximum Gasteiger partial charge on any atom is 0.278 e. The Labute approximate surface area is 134 Å². The molecule has 122 valence electrons. The molecular weight excluding hydrogens is 318 g/mol. The number of nitrogens with zero attached hydrogens (tertiary/aromatic N) is 1. The Morgan fingerprint density at radius 1 is 1.26 bits per heavy atom. The van der Waals surface area contributed by atoms with Gasteiger partial charge in [0.15, 0.2) is 11.7 Å². The number of carbonyl (C=O) groups excluding carboxylic acids is 1. The van der Waals surface area contributed by atoms with Crippen molar-refractivity contribution < 1.29 is 17.6 Å². The number of benzene rings is 1. The molecular formula is C15H17N3O4S. The van der Waals surface area contributed by atoms with E-state index < -0.39 is 10.0 Å². The van der Waals surface area contributed by atoms with E-state index in [0.29, 0.717) is 5.56 Å². The van der Waals surface area contributed by atoms with Gasteiger partial charge in [-0.1, -0.05) is 36.8 Å². The van der Waals surface area contributed by atoms with Crippen LogP contribution in [0.4, 0.5) is 0 Å². The van der Waals surface area contributed by atoms with Crippen LogP contribution in [-0.2, 0) is 14.8 Å². The maximum absolute atomic E-state index is 12.4. The van der Waals surface area contributed by atoms with Gasteiger partial charge >= 0.3 is 0 Å². The number of hydrazine groups is 1. The summed E-state index contributed by atoms with van der Waals surface area (Å²) in [7, 11) is -4.02. The molecule has 2 aromatic rings. The first-order valence-corrected chi connectivity index (χ1v) is 8.80. The van der Waals surface area contributed by atoms with Gasteiger partial charge in [0.05, 0.1) is 0 Å². The molecule has 3 rings (SSSR count). The zero-order valence-electron chi connectivity index (χ0n) is 12.6. The van der Waals surface area contributed by atoms with E-state index in [1.54, 1.807) is 31.2 Å². The van der Waals surface area contributed by atoms with Crippen LogP contribution < -0.4 is 10.3 Å². The van der Waals surface area contributed by atoms with Gasteiger partial charge in [-0.2, -0.15) is 0 Å². The summed E-state index contributed by atoms with van der Waals surface area (Å²) in [6, 6.07) is 8.82. The molecule has 1 heterocycles. The summed E-state index contributed by atoms with van der Waals surface area (Å²) in [6.07, 6.45) is 2.56. The molecule has 0 radical (unpaired) electrons. The lowest BCUT2D eigenvalue weighted by atomic mass is 9.85. The monoisotopic (exact) mass is 335 g/mol. The predicted molar refractivity (Wildman–Crippen MR) is 82.5 cm³/mol. The summed E-state index contributed by atoms with van der Waals surface area (Å²) in [5.41, 5.74) is 2.85. The van der Waals surface area contributed by atoms with Gasteiger partial charge in [0.25, 0.3) is 10.0 Å². The summed E-state index contributed by atoms with van der Waals surface area (Å²) in [5, 5.41) is -0.241. The fourth-order valence-electron chi connectivity index (χ4n) is 2.30. The average molecular weight is 335 g/mol. The fourth-order valence-corrected chi connectivity index (χ4v) is 3.28. The molecule has 0 bridgehead atoms. The standard InChI is InChI=1S/C15H17N3O4S/c1-10-16-15(13(22-10)11-6-3-2-4-7-11)23(20,21)18-17-14(19)12-8-5-9-12/h2-4,6-7,12,18H,5,8-9H2,1H3,(H,17,19). The molecule has 0 unspecified atom stereocenters. The number of aromatic nitrogens is 1. The highest BCUT2D eigenvalue weighted by Crippen LogP contribution is 2.28. The molecule has 1 amide bonds. The second kappa shape index (κ2) is 6.13. The number of rotatable bonds is 5. The quantitative estimate of drug-likeness (QED) is 0.811. The third-order valence-electron chi connectivity index (χ3n) is 3.78. The van der Waals surface area contributed by atoms with Crippen molar-refractivity contribution in [1.29, 1.82) is 0 Å². The Morgan fingerprint density at radius 2 is 1.96 bits per heavy atom. The van der Waals surface area contributed by atoms with E-state index in [1.807, 2.05) is 6.07 Å². The highest BCUT2D eigenvalue weighted by Gasteiger charge is 2.29. The Hall–Kier alpha value is -2.19. The highest BCUT2D eigenvalue weighted by atomic mass is 32.2. The molecule has 1 fully saturated rings. The molecule has 8 heteroatoms. The molecule has 0 saturated heterocycles. The molecule has 0 atom stereocenters. The molecule has 0 aliphatic heterocycles. The van der Waals surface area contributed by atoms with Crippen LogP contribution in [0.5, 0.6) is 0 Å². The average Bonchev–Trinajstić information content (AvgIpc) is 2.87. The highest BCUT2D eigenvalue weighted by molar-refractivity contribution is 7.89. The lowest BCUT2D eigenvalue weighted by Crippen LogP contribution is -2.46. The summed E-state index contributed by atoms with van der Waals surface area (Å²) in [5.74, 6) is -0.0605. The lowest BCUT2D eigenvalue weighted by Gasteiger charge is -2.23.